The van der Waals surface area contributed by atoms with Crippen molar-refractivity contribution in [1.29, 1.82) is 0 Å². The molecule has 1 fully saturated rings. The third-order valence-electron chi connectivity index (χ3n) is 5.28. The van der Waals surface area contributed by atoms with Gasteiger partial charge in [-0.25, -0.2) is 0 Å². The van der Waals surface area contributed by atoms with Crippen molar-refractivity contribution in [2.24, 2.45) is 5.41 Å². The van der Waals surface area contributed by atoms with Crippen molar-refractivity contribution < 1.29 is 9.47 Å². The van der Waals surface area contributed by atoms with Gasteiger partial charge in [0.1, 0.15) is 11.5 Å². The Hall–Kier alpha value is -1.22. The molecule has 3 nitrogen and oxygen atoms in total. The van der Waals surface area contributed by atoms with Gasteiger partial charge in [-0.2, -0.15) is 0 Å². The van der Waals surface area contributed by atoms with Crippen LogP contribution in [0, 0.1) is 5.41 Å². The summed E-state index contributed by atoms with van der Waals surface area (Å²) in [5, 5.41) is 3.70. The molecule has 1 N–H and O–H groups in total. The molecule has 3 heteroatoms. The summed E-state index contributed by atoms with van der Waals surface area (Å²) in [6.45, 7) is 8.01. The van der Waals surface area contributed by atoms with E-state index in [0.29, 0.717) is 12.0 Å². The highest BCUT2D eigenvalue weighted by atomic mass is 16.5. The van der Waals surface area contributed by atoms with Crippen LogP contribution in [0.5, 0.6) is 11.5 Å². The Morgan fingerprint density at radius 2 is 2.00 bits per heavy atom. The number of methoxy groups -OCH3 is 2. The number of benzene rings is 1. The second-order valence-electron chi connectivity index (χ2n) is 6.26. The van der Waals surface area contributed by atoms with E-state index >= 15 is 0 Å². The van der Waals surface area contributed by atoms with Gasteiger partial charge in [0.2, 0.25) is 0 Å². The largest absolute Gasteiger partial charge is 0.497 e. The number of rotatable bonds is 7. The molecule has 0 spiro atoms. The van der Waals surface area contributed by atoms with Gasteiger partial charge in [-0.15, -0.1) is 0 Å². The second kappa shape index (κ2) is 6.69. The molecule has 0 aromatic heterocycles. The van der Waals surface area contributed by atoms with Gasteiger partial charge in [0, 0.05) is 11.6 Å². The van der Waals surface area contributed by atoms with E-state index in [9.17, 15) is 0 Å². The highest BCUT2D eigenvalue weighted by Crippen LogP contribution is 2.57. The Kier molecular flexibility index (Phi) is 5.15. The molecule has 1 aliphatic carbocycles. The Morgan fingerprint density at radius 1 is 1.24 bits per heavy atom. The van der Waals surface area contributed by atoms with Crippen molar-refractivity contribution in [2.45, 2.75) is 52.0 Å². The van der Waals surface area contributed by atoms with Crippen molar-refractivity contribution in [3.05, 3.63) is 23.8 Å². The standard InChI is InChI=1S/C18H29NO2/c1-6-10-19-17-12-15(18(17,3)7-2)14-11-13(20-4)8-9-16(14)21-5/h8-9,11,15,17,19H,6-7,10,12H2,1-5H3. The molecule has 0 amide bonds. The quantitative estimate of drug-likeness (QED) is 0.824. The van der Waals surface area contributed by atoms with Crippen LogP contribution in [0.2, 0.25) is 0 Å². The number of nitrogens with one attached hydrogen (secondary N) is 1. The Morgan fingerprint density at radius 3 is 2.57 bits per heavy atom. The normalized spacial score (nSPS) is 28.0. The third-order valence-corrected chi connectivity index (χ3v) is 5.28. The van der Waals surface area contributed by atoms with Crippen LogP contribution in [0.1, 0.15) is 51.5 Å². The minimum Gasteiger partial charge on any atom is -0.497 e. The molecular weight excluding hydrogens is 262 g/mol. The molecule has 1 saturated carbocycles. The van der Waals surface area contributed by atoms with Gasteiger partial charge in [-0.3, -0.25) is 0 Å². The predicted octanol–water partition coefficient (Wildman–Crippen LogP) is 3.98. The fourth-order valence-electron chi connectivity index (χ4n) is 3.58. The number of hydrogen-bond acceptors (Lipinski definition) is 3. The fraction of sp³-hybridized carbons (Fsp3) is 0.667. The van der Waals surface area contributed by atoms with Crippen LogP contribution in [0.3, 0.4) is 0 Å². The molecule has 21 heavy (non-hydrogen) atoms. The van der Waals surface area contributed by atoms with Gasteiger partial charge in [-0.1, -0.05) is 20.8 Å². The maximum atomic E-state index is 5.58. The molecule has 0 heterocycles. The summed E-state index contributed by atoms with van der Waals surface area (Å²) < 4.78 is 11.0. The van der Waals surface area contributed by atoms with Crippen LogP contribution in [-0.2, 0) is 0 Å². The van der Waals surface area contributed by atoms with E-state index in [1.807, 2.05) is 12.1 Å². The van der Waals surface area contributed by atoms with Gasteiger partial charge < -0.3 is 14.8 Å². The molecule has 0 bridgehead atoms. The lowest BCUT2D eigenvalue weighted by Gasteiger charge is -2.55. The second-order valence-corrected chi connectivity index (χ2v) is 6.26. The molecule has 3 atom stereocenters. The average molecular weight is 291 g/mol. The number of ether oxygens (including phenoxy) is 2. The summed E-state index contributed by atoms with van der Waals surface area (Å²) in [4.78, 5) is 0. The SMILES string of the molecule is CCCNC1CC(c2cc(OC)ccc2OC)C1(C)CC. The van der Waals surface area contributed by atoms with Crippen molar-refractivity contribution in [1.82, 2.24) is 5.32 Å². The van der Waals surface area contributed by atoms with Gasteiger partial charge in [0.25, 0.3) is 0 Å². The monoisotopic (exact) mass is 291 g/mol. The van der Waals surface area contributed by atoms with E-state index in [1.165, 1.54) is 24.8 Å². The summed E-state index contributed by atoms with van der Waals surface area (Å²) in [6, 6.07) is 6.74. The maximum Gasteiger partial charge on any atom is 0.122 e. The molecule has 1 aliphatic rings. The molecule has 1 aromatic carbocycles. The minimum atomic E-state index is 0.287. The van der Waals surface area contributed by atoms with Gasteiger partial charge in [-0.05, 0) is 55.3 Å². The van der Waals surface area contributed by atoms with Crippen LogP contribution in [0.15, 0.2) is 18.2 Å². The minimum absolute atomic E-state index is 0.287. The summed E-state index contributed by atoms with van der Waals surface area (Å²) >= 11 is 0. The lowest BCUT2D eigenvalue weighted by molar-refractivity contribution is 0.0430. The summed E-state index contributed by atoms with van der Waals surface area (Å²) in [6.07, 6.45) is 3.52. The third kappa shape index (κ3) is 2.89. The van der Waals surface area contributed by atoms with E-state index < -0.39 is 0 Å². The van der Waals surface area contributed by atoms with Crippen LogP contribution in [-0.4, -0.2) is 26.8 Å². The highest BCUT2D eigenvalue weighted by Gasteiger charge is 2.51. The first-order valence-electron chi connectivity index (χ1n) is 8.06. The van der Waals surface area contributed by atoms with Crippen molar-refractivity contribution in [3.63, 3.8) is 0 Å². The lowest BCUT2D eigenvalue weighted by atomic mass is 9.54. The Labute approximate surface area is 129 Å². The van der Waals surface area contributed by atoms with Crippen molar-refractivity contribution in [2.75, 3.05) is 20.8 Å². The van der Waals surface area contributed by atoms with Gasteiger partial charge >= 0.3 is 0 Å². The number of hydrogen-bond donors (Lipinski definition) is 1. The van der Waals surface area contributed by atoms with Crippen LogP contribution < -0.4 is 14.8 Å². The highest BCUT2D eigenvalue weighted by molar-refractivity contribution is 5.45. The van der Waals surface area contributed by atoms with E-state index in [4.69, 9.17) is 9.47 Å². The first-order valence-corrected chi connectivity index (χ1v) is 8.06. The maximum absolute atomic E-state index is 5.58. The zero-order chi connectivity index (χ0) is 15.5. The molecule has 0 radical (unpaired) electrons. The smallest absolute Gasteiger partial charge is 0.122 e. The van der Waals surface area contributed by atoms with Crippen molar-refractivity contribution >= 4 is 0 Å². The van der Waals surface area contributed by atoms with Crippen LogP contribution in [0.4, 0.5) is 0 Å². The van der Waals surface area contributed by atoms with Gasteiger partial charge in [0.15, 0.2) is 0 Å². The lowest BCUT2D eigenvalue weighted by Crippen LogP contribution is -2.56. The fourth-order valence-corrected chi connectivity index (χ4v) is 3.58. The Balaban J connectivity index is 2.26. The van der Waals surface area contributed by atoms with Crippen LogP contribution in [0.25, 0.3) is 0 Å². The van der Waals surface area contributed by atoms with E-state index in [-0.39, 0.29) is 5.41 Å². The molecular formula is C18H29NO2. The summed E-state index contributed by atoms with van der Waals surface area (Å²) in [7, 11) is 3.47. The van der Waals surface area contributed by atoms with Gasteiger partial charge in [0.05, 0.1) is 14.2 Å². The van der Waals surface area contributed by atoms with Crippen molar-refractivity contribution in [3.8, 4) is 11.5 Å². The first-order chi connectivity index (χ1) is 10.1. The first kappa shape index (κ1) is 16.2. The molecule has 0 saturated heterocycles. The van der Waals surface area contributed by atoms with E-state index in [1.54, 1.807) is 14.2 Å². The zero-order valence-corrected chi connectivity index (χ0v) is 14.0. The van der Waals surface area contributed by atoms with E-state index in [2.05, 4.69) is 32.2 Å². The summed E-state index contributed by atoms with van der Waals surface area (Å²) in [5.74, 6) is 2.42. The topological polar surface area (TPSA) is 30.5 Å². The summed E-state index contributed by atoms with van der Waals surface area (Å²) in [5.41, 5.74) is 1.57. The molecule has 2 rings (SSSR count). The predicted molar refractivity (Wildman–Crippen MR) is 87.4 cm³/mol. The Bertz CT molecular complexity index is 474. The van der Waals surface area contributed by atoms with E-state index in [0.717, 1.165) is 18.0 Å². The molecule has 118 valence electrons. The molecule has 0 aliphatic heterocycles. The zero-order valence-electron chi connectivity index (χ0n) is 14.0. The molecule has 1 aromatic rings. The molecule has 3 unspecified atom stereocenters. The average Bonchev–Trinajstić information content (AvgIpc) is 2.52. The van der Waals surface area contributed by atoms with Crippen LogP contribution >= 0.6 is 0 Å².